The fourth-order valence-electron chi connectivity index (χ4n) is 4.67. The molecule has 0 bridgehead atoms. The minimum absolute atomic E-state index is 0.00899. The van der Waals surface area contributed by atoms with E-state index in [2.05, 4.69) is 16.0 Å². The number of ether oxygens (including phenoxy) is 1. The van der Waals surface area contributed by atoms with Crippen molar-refractivity contribution >= 4 is 57.0 Å². The molecule has 0 saturated heterocycles. The van der Waals surface area contributed by atoms with Crippen molar-refractivity contribution in [2.45, 2.75) is 15.0 Å². The summed E-state index contributed by atoms with van der Waals surface area (Å²) in [6.45, 7) is 0. The van der Waals surface area contributed by atoms with Crippen LogP contribution in [-0.2, 0) is 19.6 Å². The number of amides is 3. The Kier molecular flexibility index (Phi) is 11.3. The molecule has 5 aromatic rings. The van der Waals surface area contributed by atoms with Gasteiger partial charge in [0.25, 0.3) is 11.8 Å². The summed E-state index contributed by atoms with van der Waals surface area (Å²) in [6.07, 6.45) is 1.55. The quantitative estimate of drug-likeness (QED) is 0.0893. The van der Waals surface area contributed by atoms with Crippen molar-refractivity contribution in [2.75, 3.05) is 17.7 Å². The van der Waals surface area contributed by atoms with Crippen LogP contribution < -0.4 is 25.8 Å². The molecule has 5 rings (SSSR count). The average molecular weight is 693 g/mol. The highest BCUT2D eigenvalue weighted by Gasteiger charge is 2.23. The van der Waals surface area contributed by atoms with Crippen LogP contribution in [0.4, 0.5) is 11.4 Å². The lowest BCUT2D eigenvalue weighted by atomic mass is 10.1. The molecule has 5 aromatic carbocycles. The molecule has 0 aromatic heterocycles. The second-order valence-corrected chi connectivity index (χ2v) is 13.3. The van der Waals surface area contributed by atoms with Gasteiger partial charge in [-0.1, -0.05) is 66.7 Å². The Bertz CT molecular complexity index is 2070. The number of rotatable bonds is 12. The van der Waals surface area contributed by atoms with Crippen LogP contribution in [0.5, 0.6) is 5.75 Å². The monoisotopic (exact) mass is 692 g/mol. The summed E-state index contributed by atoms with van der Waals surface area (Å²) < 4.78 is 28.7. The summed E-state index contributed by atoms with van der Waals surface area (Å²) >= 11 is 1.30. The van der Waals surface area contributed by atoms with Crippen LogP contribution in [0.15, 0.2) is 149 Å². The van der Waals surface area contributed by atoms with Gasteiger partial charge in [-0.15, -0.1) is 11.8 Å². The van der Waals surface area contributed by atoms with Gasteiger partial charge in [-0.3, -0.25) is 14.4 Å². The van der Waals surface area contributed by atoms with Crippen LogP contribution >= 0.6 is 11.8 Å². The predicted molar refractivity (Wildman–Crippen MR) is 191 cm³/mol. The number of hydrogen-bond acceptors (Lipinski definition) is 7. The average Bonchev–Trinajstić information content (AvgIpc) is 3.11. The zero-order chi connectivity index (χ0) is 34.8. The van der Waals surface area contributed by atoms with Gasteiger partial charge in [0, 0.05) is 27.4 Å². The van der Waals surface area contributed by atoms with Gasteiger partial charge in [0.15, 0.2) is 0 Å². The van der Waals surface area contributed by atoms with E-state index in [1.165, 1.54) is 43.1 Å². The molecule has 248 valence electrons. The molecule has 1 atom stereocenters. The van der Waals surface area contributed by atoms with Crippen molar-refractivity contribution in [3.05, 3.63) is 156 Å². The minimum atomic E-state index is -3.87. The SMILES string of the molecule is COc1ccccc1/C=C(\NC(=O)c1ccccc1)C(=O)Nc1ccc(SC(C(=O)Nc2ccc(S(N)(=O)=O)cc2)c2ccccc2)cc1. The number of primary sulfonamides is 1. The standard InChI is InChI=1S/C37H32N4O6S2/c1-47-33-15-9-8-14-27(33)24-32(41-35(42)26-12-6-3-7-13-26)36(43)39-28-16-20-30(21-17-28)48-34(25-10-4-2-5-11-25)37(44)40-29-18-22-31(23-19-29)49(38,45)46/h2-24,34H,1H3,(H,39,43)(H,40,44)(H,41,42)(H2,38,45,46)/b32-24-. The van der Waals surface area contributed by atoms with E-state index in [4.69, 9.17) is 9.88 Å². The first-order chi connectivity index (χ1) is 23.6. The van der Waals surface area contributed by atoms with Crippen molar-refractivity contribution in [2.24, 2.45) is 5.14 Å². The smallest absolute Gasteiger partial charge is 0.272 e. The molecule has 3 amide bonds. The molecule has 5 N–H and O–H groups in total. The maximum atomic E-state index is 13.5. The van der Waals surface area contributed by atoms with E-state index < -0.39 is 27.1 Å². The summed E-state index contributed by atoms with van der Waals surface area (Å²) in [4.78, 5) is 40.7. The molecule has 0 heterocycles. The fraction of sp³-hybridized carbons (Fsp3) is 0.0541. The number of anilines is 2. The molecule has 10 nitrogen and oxygen atoms in total. The van der Waals surface area contributed by atoms with Gasteiger partial charge in [-0.2, -0.15) is 0 Å². The van der Waals surface area contributed by atoms with E-state index in [9.17, 15) is 22.8 Å². The van der Waals surface area contributed by atoms with Gasteiger partial charge in [0.1, 0.15) is 16.7 Å². The third-order valence-corrected chi connectivity index (χ3v) is 9.32. The summed E-state index contributed by atoms with van der Waals surface area (Å²) in [7, 11) is -2.35. The second kappa shape index (κ2) is 15.9. The lowest BCUT2D eigenvalue weighted by Gasteiger charge is -2.18. The van der Waals surface area contributed by atoms with E-state index in [0.29, 0.717) is 28.3 Å². The van der Waals surface area contributed by atoms with Crippen molar-refractivity contribution in [3.8, 4) is 5.75 Å². The molecule has 0 aliphatic heterocycles. The highest BCUT2D eigenvalue weighted by Crippen LogP contribution is 2.37. The largest absolute Gasteiger partial charge is 0.496 e. The Balaban J connectivity index is 1.33. The number of sulfonamides is 1. The Morgan fingerprint density at radius 2 is 1.31 bits per heavy atom. The van der Waals surface area contributed by atoms with E-state index in [-0.39, 0.29) is 16.5 Å². The summed E-state index contributed by atoms with van der Waals surface area (Å²) in [5.74, 6) is -0.794. The second-order valence-electron chi connectivity index (χ2n) is 10.6. The summed E-state index contributed by atoms with van der Waals surface area (Å²) in [5, 5.41) is 12.9. The molecule has 0 aliphatic rings. The number of hydrogen-bond donors (Lipinski definition) is 4. The van der Waals surface area contributed by atoms with Gasteiger partial charge < -0.3 is 20.7 Å². The first-order valence-electron chi connectivity index (χ1n) is 14.9. The highest BCUT2D eigenvalue weighted by molar-refractivity contribution is 8.00. The van der Waals surface area contributed by atoms with Gasteiger partial charge >= 0.3 is 0 Å². The molecular formula is C37H32N4O6S2. The number of thioether (sulfide) groups is 1. The minimum Gasteiger partial charge on any atom is -0.496 e. The molecule has 0 aliphatic carbocycles. The van der Waals surface area contributed by atoms with E-state index >= 15 is 0 Å². The van der Waals surface area contributed by atoms with Gasteiger partial charge in [0.05, 0.1) is 12.0 Å². The molecule has 0 spiro atoms. The molecule has 49 heavy (non-hydrogen) atoms. The third-order valence-electron chi connectivity index (χ3n) is 7.12. The molecule has 0 fully saturated rings. The first kappa shape index (κ1) is 34.6. The summed E-state index contributed by atoms with van der Waals surface area (Å²) in [6, 6.07) is 37.4. The highest BCUT2D eigenvalue weighted by atomic mass is 32.2. The maximum Gasteiger partial charge on any atom is 0.272 e. The number of nitrogens with one attached hydrogen (secondary N) is 3. The van der Waals surface area contributed by atoms with Crippen LogP contribution in [0.2, 0.25) is 0 Å². The van der Waals surface area contributed by atoms with E-state index in [1.54, 1.807) is 84.9 Å². The van der Waals surface area contributed by atoms with Crippen molar-refractivity contribution in [1.29, 1.82) is 0 Å². The number of methoxy groups -OCH3 is 1. The number of carbonyl (C=O) groups is 3. The normalized spacial score (nSPS) is 12.0. The molecule has 0 saturated carbocycles. The van der Waals surface area contributed by atoms with Crippen LogP contribution in [0.1, 0.15) is 26.7 Å². The number of benzene rings is 5. The van der Waals surface area contributed by atoms with Gasteiger partial charge in [0.2, 0.25) is 15.9 Å². The van der Waals surface area contributed by atoms with Gasteiger partial charge in [-0.05, 0) is 78.4 Å². The number of nitrogens with two attached hydrogens (primary N) is 1. The van der Waals surface area contributed by atoms with E-state index in [1.807, 2.05) is 30.3 Å². The lowest BCUT2D eigenvalue weighted by molar-refractivity contribution is -0.116. The fourth-order valence-corrected chi connectivity index (χ4v) is 6.21. The predicted octanol–water partition coefficient (Wildman–Crippen LogP) is 6.22. The van der Waals surface area contributed by atoms with Crippen LogP contribution in [0.25, 0.3) is 6.08 Å². The molecule has 0 radical (unpaired) electrons. The Morgan fingerprint density at radius 1 is 0.735 bits per heavy atom. The maximum absolute atomic E-state index is 13.5. The third kappa shape index (κ3) is 9.45. The Morgan fingerprint density at radius 3 is 1.94 bits per heavy atom. The molecule has 12 heteroatoms. The van der Waals surface area contributed by atoms with Crippen molar-refractivity contribution in [3.63, 3.8) is 0 Å². The van der Waals surface area contributed by atoms with Crippen molar-refractivity contribution in [1.82, 2.24) is 5.32 Å². The molecule has 1 unspecified atom stereocenters. The molecular weight excluding hydrogens is 661 g/mol. The first-order valence-corrected chi connectivity index (χ1v) is 17.3. The number of para-hydroxylation sites is 1. The Hall–Kier alpha value is -5.69. The number of carbonyl (C=O) groups excluding carboxylic acids is 3. The topological polar surface area (TPSA) is 157 Å². The van der Waals surface area contributed by atoms with Crippen LogP contribution in [-0.4, -0.2) is 33.2 Å². The lowest BCUT2D eigenvalue weighted by Crippen LogP contribution is -2.30. The van der Waals surface area contributed by atoms with Crippen LogP contribution in [0, 0.1) is 0 Å². The van der Waals surface area contributed by atoms with Gasteiger partial charge in [-0.25, -0.2) is 13.6 Å². The van der Waals surface area contributed by atoms with E-state index in [0.717, 1.165) is 10.5 Å². The van der Waals surface area contributed by atoms with Crippen molar-refractivity contribution < 1.29 is 27.5 Å². The Labute approximate surface area is 288 Å². The zero-order valence-electron chi connectivity index (χ0n) is 26.2. The zero-order valence-corrected chi connectivity index (χ0v) is 27.8. The summed E-state index contributed by atoms with van der Waals surface area (Å²) in [5.41, 5.74) is 2.62. The van der Waals surface area contributed by atoms with Crippen LogP contribution in [0.3, 0.4) is 0 Å².